The van der Waals surface area contributed by atoms with Gasteiger partial charge in [-0.2, -0.15) is 0 Å². The number of nitrogens with zero attached hydrogens (tertiary/aromatic N) is 1. The first-order valence-electron chi connectivity index (χ1n) is 5.51. The number of hydrogen-bond donors (Lipinski definition) is 0. The van der Waals surface area contributed by atoms with Crippen LogP contribution in [0.1, 0.15) is 39.5 Å². The molecule has 0 bridgehead atoms. The van der Waals surface area contributed by atoms with E-state index < -0.39 is 0 Å². The lowest BCUT2D eigenvalue weighted by Crippen LogP contribution is -2.38. The lowest BCUT2D eigenvalue weighted by molar-refractivity contribution is -0.142. The van der Waals surface area contributed by atoms with Crippen molar-refractivity contribution >= 4 is 5.97 Å². The maximum Gasteiger partial charge on any atom is 0.307 e. The number of carbonyl (C=O) groups is 1. The summed E-state index contributed by atoms with van der Waals surface area (Å²) in [5.41, 5.74) is 0. The average Bonchev–Trinajstić information content (AvgIpc) is 2.65. The van der Waals surface area contributed by atoms with Gasteiger partial charge in [0.1, 0.15) is 0 Å². The van der Waals surface area contributed by atoms with Crippen LogP contribution >= 0.6 is 0 Å². The van der Waals surface area contributed by atoms with Crippen molar-refractivity contribution in [2.24, 2.45) is 0 Å². The second-order valence-electron chi connectivity index (χ2n) is 4.07. The van der Waals surface area contributed by atoms with Crippen LogP contribution < -0.4 is 0 Å². The third-order valence-corrected chi connectivity index (χ3v) is 3.15. The fraction of sp³-hybridized carbons (Fsp3) is 0.909. The van der Waals surface area contributed by atoms with Crippen molar-refractivity contribution in [3.05, 3.63) is 0 Å². The number of rotatable bonds is 4. The molecular weight excluding hydrogens is 178 g/mol. The monoisotopic (exact) mass is 199 g/mol. The van der Waals surface area contributed by atoms with Gasteiger partial charge < -0.3 is 4.74 Å². The predicted octanol–water partition coefficient (Wildman–Crippen LogP) is 1.81. The van der Waals surface area contributed by atoms with Crippen LogP contribution in [0.15, 0.2) is 0 Å². The first-order valence-corrected chi connectivity index (χ1v) is 5.51. The maximum absolute atomic E-state index is 11.1. The van der Waals surface area contributed by atoms with Gasteiger partial charge in [0.25, 0.3) is 0 Å². The van der Waals surface area contributed by atoms with Gasteiger partial charge in [-0.15, -0.1) is 0 Å². The van der Waals surface area contributed by atoms with E-state index in [1.54, 1.807) is 0 Å². The highest BCUT2D eigenvalue weighted by Gasteiger charge is 2.28. The molecule has 0 aromatic carbocycles. The normalized spacial score (nSPS) is 24.9. The Labute approximate surface area is 86.4 Å². The molecule has 3 heteroatoms. The summed E-state index contributed by atoms with van der Waals surface area (Å²) in [6.45, 7) is 5.47. The van der Waals surface area contributed by atoms with Gasteiger partial charge in [-0.05, 0) is 32.7 Å². The number of methoxy groups -OCH3 is 1. The zero-order valence-corrected chi connectivity index (χ0v) is 9.45. The molecule has 0 aromatic rings. The molecule has 82 valence electrons. The van der Waals surface area contributed by atoms with Gasteiger partial charge >= 0.3 is 5.97 Å². The molecule has 1 saturated heterocycles. The van der Waals surface area contributed by atoms with E-state index >= 15 is 0 Å². The third kappa shape index (κ3) is 2.71. The zero-order chi connectivity index (χ0) is 10.6. The zero-order valence-electron chi connectivity index (χ0n) is 9.45. The van der Waals surface area contributed by atoms with Gasteiger partial charge in [-0.1, -0.05) is 6.92 Å². The lowest BCUT2D eigenvalue weighted by atomic mass is 10.1. The van der Waals surface area contributed by atoms with Gasteiger partial charge in [0.05, 0.1) is 13.5 Å². The third-order valence-electron chi connectivity index (χ3n) is 3.15. The SMILES string of the molecule is CCC1CCCN1C(C)CC(=O)OC. The molecule has 3 nitrogen and oxygen atoms in total. The molecule has 2 atom stereocenters. The molecule has 0 aromatic heterocycles. The van der Waals surface area contributed by atoms with Gasteiger partial charge in [0.2, 0.25) is 0 Å². The standard InChI is InChI=1S/C11H21NO2/c1-4-10-6-5-7-12(10)9(2)8-11(13)14-3/h9-10H,4-8H2,1-3H3. The first-order chi connectivity index (χ1) is 6.69. The molecule has 1 rings (SSSR count). The van der Waals surface area contributed by atoms with E-state index in [-0.39, 0.29) is 5.97 Å². The first kappa shape index (κ1) is 11.5. The molecule has 0 aliphatic carbocycles. The molecule has 0 N–H and O–H groups in total. The minimum atomic E-state index is -0.0979. The van der Waals surface area contributed by atoms with Crippen LogP contribution in [0.4, 0.5) is 0 Å². The van der Waals surface area contributed by atoms with Crippen molar-refractivity contribution in [2.75, 3.05) is 13.7 Å². The Morgan fingerprint density at radius 2 is 2.36 bits per heavy atom. The fourth-order valence-corrected chi connectivity index (χ4v) is 2.32. The van der Waals surface area contributed by atoms with Gasteiger partial charge in [0, 0.05) is 12.1 Å². The van der Waals surface area contributed by atoms with E-state index in [0.29, 0.717) is 18.5 Å². The quantitative estimate of drug-likeness (QED) is 0.647. The van der Waals surface area contributed by atoms with Crippen molar-refractivity contribution in [2.45, 2.75) is 51.6 Å². The highest BCUT2D eigenvalue weighted by Crippen LogP contribution is 2.23. The van der Waals surface area contributed by atoms with Crippen LogP contribution in [-0.2, 0) is 9.53 Å². The fourth-order valence-electron chi connectivity index (χ4n) is 2.32. The van der Waals surface area contributed by atoms with Crippen molar-refractivity contribution in [3.8, 4) is 0 Å². The van der Waals surface area contributed by atoms with E-state index in [2.05, 4.69) is 23.5 Å². The summed E-state index contributed by atoms with van der Waals surface area (Å²) in [4.78, 5) is 13.6. The number of ether oxygens (including phenoxy) is 1. The number of esters is 1. The van der Waals surface area contributed by atoms with Gasteiger partial charge in [0.15, 0.2) is 0 Å². The summed E-state index contributed by atoms with van der Waals surface area (Å²) in [5.74, 6) is -0.0979. The minimum Gasteiger partial charge on any atom is -0.469 e. The maximum atomic E-state index is 11.1. The molecule has 0 amide bonds. The number of carbonyl (C=O) groups excluding carboxylic acids is 1. The summed E-state index contributed by atoms with van der Waals surface area (Å²) in [6, 6.07) is 1.00. The largest absolute Gasteiger partial charge is 0.469 e. The number of likely N-dealkylation sites (tertiary alicyclic amines) is 1. The summed E-state index contributed by atoms with van der Waals surface area (Å²) in [5, 5.41) is 0. The van der Waals surface area contributed by atoms with Crippen LogP contribution in [0, 0.1) is 0 Å². The smallest absolute Gasteiger partial charge is 0.307 e. The van der Waals surface area contributed by atoms with Crippen LogP contribution in [0.3, 0.4) is 0 Å². The van der Waals surface area contributed by atoms with E-state index in [9.17, 15) is 4.79 Å². The molecular formula is C11H21NO2. The van der Waals surface area contributed by atoms with E-state index in [1.807, 2.05) is 0 Å². The highest BCUT2D eigenvalue weighted by molar-refractivity contribution is 5.69. The Morgan fingerprint density at radius 3 is 2.93 bits per heavy atom. The van der Waals surface area contributed by atoms with Gasteiger partial charge in [-0.25, -0.2) is 0 Å². The van der Waals surface area contributed by atoms with Crippen LogP contribution in [0.5, 0.6) is 0 Å². The molecule has 1 aliphatic rings. The summed E-state index contributed by atoms with van der Waals surface area (Å²) in [7, 11) is 1.45. The molecule has 0 radical (unpaired) electrons. The van der Waals surface area contributed by atoms with Crippen molar-refractivity contribution < 1.29 is 9.53 Å². The van der Waals surface area contributed by atoms with Crippen molar-refractivity contribution in [1.82, 2.24) is 4.90 Å². The Balaban J connectivity index is 2.42. The highest BCUT2D eigenvalue weighted by atomic mass is 16.5. The van der Waals surface area contributed by atoms with E-state index in [1.165, 1.54) is 26.4 Å². The summed E-state index contributed by atoms with van der Waals surface area (Å²) < 4.78 is 4.68. The van der Waals surface area contributed by atoms with E-state index in [0.717, 1.165) is 6.54 Å². The summed E-state index contributed by atoms with van der Waals surface area (Å²) in [6.07, 6.45) is 4.25. The Morgan fingerprint density at radius 1 is 1.64 bits per heavy atom. The topological polar surface area (TPSA) is 29.5 Å². The second-order valence-corrected chi connectivity index (χ2v) is 4.07. The molecule has 14 heavy (non-hydrogen) atoms. The lowest BCUT2D eigenvalue weighted by Gasteiger charge is -2.29. The predicted molar refractivity (Wildman–Crippen MR) is 56.1 cm³/mol. The average molecular weight is 199 g/mol. The molecule has 0 spiro atoms. The Bertz CT molecular complexity index is 194. The molecule has 1 heterocycles. The van der Waals surface area contributed by atoms with E-state index in [4.69, 9.17) is 0 Å². The molecule has 2 unspecified atom stereocenters. The molecule has 1 aliphatic heterocycles. The van der Waals surface area contributed by atoms with Crippen molar-refractivity contribution in [3.63, 3.8) is 0 Å². The Hall–Kier alpha value is -0.570. The molecule has 0 saturated carbocycles. The van der Waals surface area contributed by atoms with Crippen LogP contribution in [0.2, 0.25) is 0 Å². The second kappa shape index (κ2) is 5.35. The number of hydrogen-bond acceptors (Lipinski definition) is 3. The van der Waals surface area contributed by atoms with Gasteiger partial charge in [-0.3, -0.25) is 9.69 Å². The van der Waals surface area contributed by atoms with Crippen LogP contribution in [-0.4, -0.2) is 36.6 Å². The van der Waals surface area contributed by atoms with Crippen LogP contribution in [0.25, 0.3) is 0 Å². The summed E-state index contributed by atoms with van der Waals surface area (Å²) >= 11 is 0. The Kier molecular flexibility index (Phi) is 4.39. The van der Waals surface area contributed by atoms with Crippen molar-refractivity contribution in [1.29, 1.82) is 0 Å². The minimum absolute atomic E-state index is 0.0979. The molecule has 1 fully saturated rings.